The second-order valence-electron chi connectivity index (χ2n) is 5.32. The molecular weight excluding hydrogens is 308 g/mol. The van der Waals surface area contributed by atoms with Crippen molar-refractivity contribution < 1.29 is 9.90 Å². The van der Waals surface area contributed by atoms with E-state index in [9.17, 15) is 9.90 Å². The number of benzene rings is 1. The molecule has 0 aliphatic carbocycles. The zero-order valence-corrected chi connectivity index (χ0v) is 13.6. The normalized spacial score (nSPS) is 12.8. The topological polar surface area (TPSA) is 54.3 Å². The second-order valence-corrected chi connectivity index (χ2v) is 6.30. The minimum Gasteiger partial charge on any atom is -0.386 e. The number of amides is 1. The van der Waals surface area contributed by atoms with E-state index in [4.69, 9.17) is 0 Å². The first-order chi connectivity index (χ1) is 11.1. The van der Waals surface area contributed by atoms with E-state index in [1.807, 2.05) is 59.6 Å². The van der Waals surface area contributed by atoms with Crippen LogP contribution >= 0.6 is 11.3 Å². The van der Waals surface area contributed by atoms with Crippen LogP contribution < -0.4 is 5.32 Å². The number of nitrogens with zero attached hydrogens (tertiary/aromatic N) is 1. The number of aromatic nitrogens is 1. The molecule has 1 aromatic carbocycles. The first kappa shape index (κ1) is 15.5. The number of aliphatic hydroxyl groups excluding tert-OH is 1. The quantitative estimate of drug-likeness (QED) is 0.708. The lowest BCUT2D eigenvalue weighted by Crippen LogP contribution is -2.26. The molecule has 2 aromatic heterocycles. The molecule has 2 heterocycles. The Labute approximate surface area is 138 Å². The standard InChI is InChI=1S/C18H18N2O2S/c1-20-12-15(14-6-2-3-7-16(14)20)17(21)11-19-18(22)9-8-13-5-4-10-23-13/h2-10,12,17,21H,11H2,1H3,(H,19,22)/b9-8+. The van der Waals surface area contributed by atoms with Crippen molar-refractivity contribution in [1.29, 1.82) is 0 Å². The highest BCUT2D eigenvalue weighted by Crippen LogP contribution is 2.25. The molecule has 4 nitrogen and oxygen atoms in total. The van der Waals surface area contributed by atoms with Gasteiger partial charge < -0.3 is 15.0 Å². The Hall–Kier alpha value is -2.37. The van der Waals surface area contributed by atoms with Crippen molar-refractivity contribution in [2.45, 2.75) is 6.10 Å². The molecule has 3 rings (SSSR count). The summed E-state index contributed by atoms with van der Waals surface area (Å²) in [6.45, 7) is 0.182. The summed E-state index contributed by atoms with van der Waals surface area (Å²) < 4.78 is 1.98. The summed E-state index contributed by atoms with van der Waals surface area (Å²) in [7, 11) is 1.95. The minimum absolute atomic E-state index is 0.182. The Morgan fingerprint density at radius 1 is 1.35 bits per heavy atom. The van der Waals surface area contributed by atoms with Crippen LogP contribution in [0.3, 0.4) is 0 Å². The van der Waals surface area contributed by atoms with Gasteiger partial charge in [-0.3, -0.25) is 4.79 Å². The van der Waals surface area contributed by atoms with Gasteiger partial charge in [0.1, 0.15) is 0 Å². The number of rotatable bonds is 5. The lowest BCUT2D eigenvalue weighted by Gasteiger charge is -2.10. The second kappa shape index (κ2) is 6.81. The van der Waals surface area contributed by atoms with Crippen molar-refractivity contribution in [3.63, 3.8) is 0 Å². The molecule has 0 saturated heterocycles. The monoisotopic (exact) mass is 326 g/mol. The summed E-state index contributed by atoms with van der Waals surface area (Å²) in [5.74, 6) is -0.210. The fourth-order valence-corrected chi connectivity index (χ4v) is 3.17. The van der Waals surface area contributed by atoms with Crippen LogP contribution in [0, 0.1) is 0 Å². The molecule has 0 bridgehead atoms. The fraction of sp³-hybridized carbons (Fsp3) is 0.167. The lowest BCUT2D eigenvalue weighted by atomic mass is 10.1. The van der Waals surface area contributed by atoms with Crippen molar-refractivity contribution in [3.8, 4) is 0 Å². The number of aryl methyl sites for hydroxylation is 1. The van der Waals surface area contributed by atoms with Crippen LogP contribution in [0.2, 0.25) is 0 Å². The summed E-state index contributed by atoms with van der Waals surface area (Å²) >= 11 is 1.57. The smallest absolute Gasteiger partial charge is 0.244 e. The Bertz CT molecular complexity index is 834. The highest BCUT2D eigenvalue weighted by molar-refractivity contribution is 7.10. The number of thiophene rings is 1. The first-order valence-corrected chi connectivity index (χ1v) is 8.24. The molecule has 0 saturated carbocycles. The average molecular weight is 326 g/mol. The number of carbonyl (C=O) groups is 1. The van der Waals surface area contributed by atoms with Crippen LogP contribution in [0.5, 0.6) is 0 Å². The van der Waals surface area contributed by atoms with Crippen LogP contribution in [0.25, 0.3) is 17.0 Å². The van der Waals surface area contributed by atoms with Gasteiger partial charge in [0.15, 0.2) is 0 Å². The van der Waals surface area contributed by atoms with Crippen molar-refractivity contribution in [1.82, 2.24) is 9.88 Å². The Morgan fingerprint density at radius 3 is 2.96 bits per heavy atom. The van der Waals surface area contributed by atoms with E-state index in [1.165, 1.54) is 6.08 Å². The summed E-state index contributed by atoms with van der Waals surface area (Å²) in [6.07, 6.45) is 4.43. The van der Waals surface area contributed by atoms with Gasteiger partial charge in [-0.1, -0.05) is 24.3 Å². The molecule has 0 aliphatic heterocycles. The fourth-order valence-electron chi connectivity index (χ4n) is 2.55. The maximum atomic E-state index is 11.8. The third-order valence-electron chi connectivity index (χ3n) is 3.70. The van der Waals surface area contributed by atoms with E-state index in [1.54, 1.807) is 17.4 Å². The van der Waals surface area contributed by atoms with Crippen molar-refractivity contribution in [3.05, 3.63) is 64.5 Å². The van der Waals surface area contributed by atoms with Gasteiger partial charge in [-0.15, -0.1) is 11.3 Å². The largest absolute Gasteiger partial charge is 0.386 e. The highest BCUT2D eigenvalue weighted by Gasteiger charge is 2.14. The molecule has 2 N–H and O–H groups in total. The number of hydrogen-bond acceptors (Lipinski definition) is 3. The van der Waals surface area contributed by atoms with E-state index in [0.717, 1.165) is 21.3 Å². The van der Waals surface area contributed by atoms with E-state index >= 15 is 0 Å². The summed E-state index contributed by atoms with van der Waals surface area (Å²) in [4.78, 5) is 12.9. The van der Waals surface area contributed by atoms with Gasteiger partial charge in [-0.25, -0.2) is 0 Å². The van der Waals surface area contributed by atoms with Crippen LogP contribution in [0.1, 0.15) is 16.5 Å². The zero-order chi connectivity index (χ0) is 16.2. The molecule has 3 aromatic rings. The first-order valence-electron chi connectivity index (χ1n) is 7.36. The van der Waals surface area contributed by atoms with Crippen LogP contribution in [0.4, 0.5) is 0 Å². The van der Waals surface area contributed by atoms with Gasteiger partial charge in [0.2, 0.25) is 5.91 Å². The maximum absolute atomic E-state index is 11.8. The van der Waals surface area contributed by atoms with Crippen LogP contribution in [-0.4, -0.2) is 22.1 Å². The molecule has 5 heteroatoms. The van der Waals surface area contributed by atoms with Gasteiger partial charge in [0.05, 0.1) is 6.10 Å². The average Bonchev–Trinajstić information content (AvgIpc) is 3.19. The molecule has 1 amide bonds. The predicted molar refractivity (Wildman–Crippen MR) is 94.2 cm³/mol. The molecule has 23 heavy (non-hydrogen) atoms. The third kappa shape index (κ3) is 3.52. The summed E-state index contributed by atoms with van der Waals surface area (Å²) in [6, 6.07) is 11.8. The lowest BCUT2D eigenvalue weighted by molar-refractivity contribution is -0.116. The zero-order valence-electron chi connectivity index (χ0n) is 12.8. The van der Waals surface area contributed by atoms with Crippen molar-refractivity contribution in [2.24, 2.45) is 7.05 Å². The number of nitrogens with one attached hydrogen (secondary N) is 1. The maximum Gasteiger partial charge on any atom is 0.244 e. The van der Waals surface area contributed by atoms with Crippen molar-refractivity contribution >= 4 is 34.2 Å². The summed E-state index contributed by atoms with van der Waals surface area (Å²) in [5, 5.41) is 16.1. The van der Waals surface area contributed by atoms with E-state index in [2.05, 4.69) is 5.32 Å². The molecule has 0 fully saturated rings. The SMILES string of the molecule is Cn1cc(C(O)CNC(=O)/C=C/c2cccs2)c2ccccc21. The van der Waals surface area contributed by atoms with Crippen LogP contribution in [-0.2, 0) is 11.8 Å². The van der Waals surface area contributed by atoms with E-state index in [0.29, 0.717) is 0 Å². The van der Waals surface area contributed by atoms with E-state index < -0.39 is 6.10 Å². The van der Waals surface area contributed by atoms with E-state index in [-0.39, 0.29) is 12.5 Å². The molecule has 118 valence electrons. The Morgan fingerprint density at radius 2 is 2.17 bits per heavy atom. The van der Waals surface area contributed by atoms with Gasteiger partial charge >= 0.3 is 0 Å². The molecule has 0 aliphatic rings. The van der Waals surface area contributed by atoms with Crippen molar-refractivity contribution in [2.75, 3.05) is 6.54 Å². The number of hydrogen-bond donors (Lipinski definition) is 2. The third-order valence-corrected chi connectivity index (χ3v) is 4.54. The molecule has 1 atom stereocenters. The minimum atomic E-state index is -0.736. The summed E-state index contributed by atoms with van der Waals surface area (Å²) in [5.41, 5.74) is 1.89. The molecule has 0 radical (unpaired) electrons. The number of aliphatic hydroxyl groups is 1. The van der Waals surface area contributed by atoms with Crippen LogP contribution in [0.15, 0.2) is 54.1 Å². The molecule has 0 spiro atoms. The number of para-hydroxylation sites is 1. The van der Waals surface area contributed by atoms with Gasteiger partial charge in [0.25, 0.3) is 0 Å². The van der Waals surface area contributed by atoms with Gasteiger partial charge in [-0.05, 0) is 23.6 Å². The van der Waals surface area contributed by atoms with Gasteiger partial charge in [0, 0.05) is 47.2 Å². The Balaban J connectivity index is 1.64. The molecular formula is C18H18N2O2S. The highest BCUT2D eigenvalue weighted by atomic mass is 32.1. The number of carbonyl (C=O) groups excluding carboxylic acids is 1. The number of fused-ring (bicyclic) bond motifs is 1. The Kier molecular flexibility index (Phi) is 4.60. The van der Waals surface area contributed by atoms with Gasteiger partial charge in [-0.2, -0.15) is 0 Å². The predicted octanol–water partition coefficient (Wildman–Crippen LogP) is 3.10. The molecule has 1 unspecified atom stereocenters.